The summed E-state index contributed by atoms with van der Waals surface area (Å²) in [4.78, 5) is 0. The first-order valence-electron chi connectivity index (χ1n) is 4.42. The summed E-state index contributed by atoms with van der Waals surface area (Å²) >= 11 is 0. The Morgan fingerprint density at radius 1 is 0.818 bits per heavy atom. The van der Waals surface area contributed by atoms with Gasteiger partial charge in [-0.2, -0.15) is 0 Å². The van der Waals surface area contributed by atoms with Crippen molar-refractivity contribution >= 4 is 0 Å². The second kappa shape index (κ2) is 2.69. The first-order chi connectivity index (χ1) is 5.41. The molecule has 0 heterocycles. The lowest BCUT2D eigenvalue weighted by Gasteiger charge is -2.05. The fourth-order valence-electron chi connectivity index (χ4n) is 1.59. The highest BCUT2D eigenvalue weighted by atomic mass is 14.4. The highest BCUT2D eigenvalue weighted by molar-refractivity contribution is 5.19. The molecule has 1 saturated carbocycles. The summed E-state index contributed by atoms with van der Waals surface area (Å²) in [7, 11) is 0. The number of hydrogen-bond donors (Lipinski definition) is 0. The van der Waals surface area contributed by atoms with Crippen LogP contribution in [0.5, 0.6) is 0 Å². The average Bonchev–Trinajstić information content (AvgIpc) is 2.70. The number of rotatable bonds is 0. The Hall–Kier alpha value is -0.780. The van der Waals surface area contributed by atoms with Crippen LogP contribution in [0.25, 0.3) is 0 Å². The van der Waals surface area contributed by atoms with E-state index in [-0.39, 0.29) is 0 Å². The summed E-state index contributed by atoms with van der Waals surface area (Å²) in [5.41, 5.74) is 0.610. The maximum atomic E-state index is 2.39. The fraction of sp³-hybridized carbons (Fsp3) is 0.455. The van der Waals surface area contributed by atoms with E-state index in [9.17, 15) is 0 Å². The van der Waals surface area contributed by atoms with Gasteiger partial charge in [-0.1, -0.05) is 36.5 Å². The minimum absolute atomic E-state index is 0.610. The summed E-state index contributed by atoms with van der Waals surface area (Å²) < 4.78 is 0. The predicted octanol–water partition coefficient (Wildman–Crippen LogP) is 3.23. The van der Waals surface area contributed by atoms with E-state index in [1.54, 1.807) is 0 Å². The molecule has 0 nitrogen and oxygen atoms in total. The van der Waals surface area contributed by atoms with Gasteiger partial charge in [-0.25, -0.2) is 0 Å². The van der Waals surface area contributed by atoms with Gasteiger partial charge in [-0.3, -0.25) is 0 Å². The summed E-state index contributed by atoms with van der Waals surface area (Å²) in [5.74, 6) is 0. The molecule has 2 rings (SSSR count). The molecular weight excluding hydrogens is 132 g/mol. The maximum Gasteiger partial charge on any atom is -0.0112 e. The van der Waals surface area contributed by atoms with Crippen molar-refractivity contribution in [3.63, 3.8) is 0 Å². The Balaban J connectivity index is 2.10. The molecule has 0 atom stereocenters. The molecule has 11 heavy (non-hydrogen) atoms. The molecule has 1 fully saturated rings. The third-order valence-electron chi connectivity index (χ3n) is 2.62. The van der Waals surface area contributed by atoms with Gasteiger partial charge in [0.2, 0.25) is 0 Å². The lowest BCUT2D eigenvalue weighted by Crippen LogP contribution is -1.92. The molecule has 0 aromatic heterocycles. The molecule has 0 aliphatic heterocycles. The van der Waals surface area contributed by atoms with Crippen LogP contribution in [0, 0.1) is 5.41 Å². The first-order valence-corrected chi connectivity index (χ1v) is 4.42. The van der Waals surface area contributed by atoms with Gasteiger partial charge in [-0.15, -0.1) is 0 Å². The Morgan fingerprint density at radius 2 is 1.64 bits per heavy atom. The van der Waals surface area contributed by atoms with Crippen LogP contribution in [-0.2, 0) is 0 Å². The highest BCUT2D eigenvalue weighted by Gasteiger charge is 2.38. The van der Waals surface area contributed by atoms with Crippen molar-refractivity contribution in [3.8, 4) is 0 Å². The molecule has 0 aromatic rings. The van der Waals surface area contributed by atoms with Crippen LogP contribution < -0.4 is 0 Å². The van der Waals surface area contributed by atoms with E-state index in [4.69, 9.17) is 0 Å². The summed E-state index contributed by atoms with van der Waals surface area (Å²) in [5, 5.41) is 0. The van der Waals surface area contributed by atoms with Gasteiger partial charge < -0.3 is 0 Å². The first kappa shape index (κ1) is 6.90. The van der Waals surface area contributed by atoms with Gasteiger partial charge in [0.15, 0.2) is 0 Å². The van der Waals surface area contributed by atoms with E-state index < -0.39 is 0 Å². The van der Waals surface area contributed by atoms with Crippen molar-refractivity contribution in [3.05, 3.63) is 36.5 Å². The molecule has 1 spiro atoms. The van der Waals surface area contributed by atoms with E-state index in [1.807, 2.05) is 0 Å². The van der Waals surface area contributed by atoms with Gasteiger partial charge in [-0.05, 0) is 31.1 Å². The van der Waals surface area contributed by atoms with Gasteiger partial charge in [0, 0.05) is 0 Å². The molecule has 0 unspecified atom stereocenters. The van der Waals surface area contributed by atoms with E-state index in [1.165, 1.54) is 25.7 Å². The van der Waals surface area contributed by atoms with Crippen LogP contribution in [0.3, 0.4) is 0 Å². The van der Waals surface area contributed by atoms with Crippen molar-refractivity contribution in [2.45, 2.75) is 25.7 Å². The molecule has 0 radical (unpaired) electrons. The Morgan fingerprint density at radius 3 is 2.45 bits per heavy atom. The van der Waals surface area contributed by atoms with Crippen molar-refractivity contribution in [2.75, 3.05) is 0 Å². The Bertz CT molecular complexity index is 214. The molecule has 0 bridgehead atoms. The van der Waals surface area contributed by atoms with Crippen LogP contribution in [0.4, 0.5) is 0 Å². The lowest BCUT2D eigenvalue weighted by atomic mass is 10.00. The average molecular weight is 146 g/mol. The SMILES string of the molecule is C1=C\C=C/C2(CC\C=C/1)CC2. The van der Waals surface area contributed by atoms with E-state index in [2.05, 4.69) is 36.5 Å². The molecular formula is C11H14. The van der Waals surface area contributed by atoms with Crippen molar-refractivity contribution in [2.24, 2.45) is 5.41 Å². The maximum absolute atomic E-state index is 2.39. The van der Waals surface area contributed by atoms with Crippen LogP contribution in [-0.4, -0.2) is 0 Å². The zero-order valence-corrected chi connectivity index (χ0v) is 6.79. The monoisotopic (exact) mass is 146 g/mol. The quantitative estimate of drug-likeness (QED) is 0.492. The molecule has 0 saturated heterocycles. The Labute approximate surface area is 68.3 Å². The third-order valence-corrected chi connectivity index (χ3v) is 2.62. The van der Waals surface area contributed by atoms with Crippen molar-refractivity contribution in [1.82, 2.24) is 0 Å². The van der Waals surface area contributed by atoms with Crippen LogP contribution in [0.15, 0.2) is 36.5 Å². The van der Waals surface area contributed by atoms with E-state index in [0.29, 0.717) is 5.41 Å². The summed E-state index contributed by atoms with van der Waals surface area (Å²) in [6.45, 7) is 0. The molecule has 2 aliphatic rings. The minimum Gasteiger partial charge on any atom is -0.0845 e. The largest absolute Gasteiger partial charge is 0.0845 e. The summed E-state index contributed by atoms with van der Waals surface area (Å²) in [6, 6.07) is 0. The molecule has 58 valence electrons. The molecule has 0 aromatic carbocycles. The number of hydrogen-bond acceptors (Lipinski definition) is 0. The standard InChI is InChI=1S/C11H14/c1-2-4-6-8-11(9-10-11)7-5-3-1/h1-5,7H,6,8-10H2/b3-1-,4-2-,7-5-. The van der Waals surface area contributed by atoms with E-state index >= 15 is 0 Å². The predicted molar refractivity (Wildman–Crippen MR) is 48.3 cm³/mol. The zero-order valence-electron chi connectivity index (χ0n) is 6.79. The fourth-order valence-corrected chi connectivity index (χ4v) is 1.59. The van der Waals surface area contributed by atoms with Crippen LogP contribution >= 0.6 is 0 Å². The molecule has 0 N–H and O–H groups in total. The topological polar surface area (TPSA) is 0 Å². The number of allylic oxidation sites excluding steroid dienone is 6. The minimum atomic E-state index is 0.610. The Kier molecular flexibility index (Phi) is 1.69. The van der Waals surface area contributed by atoms with E-state index in [0.717, 1.165) is 0 Å². The summed E-state index contributed by atoms with van der Waals surface area (Å²) in [6.07, 6.45) is 18.6. The zero-order chi connectivity index (χ0) is 7.57. The van der Waals surface area contributed by atoms with Crippen molar-refractivity contribution in [1.29, 1.82) is 0 Å². The van der Waals surface area contributed by atoms with Gasteiger partial charge >= 0.3 is 0 Å². The molecule has 0 heteroatoms. The van der Waals surface area contributed by atoms with Crippen LogP contribution in [0.2, 0.25) is 0 Å². The highest BCUT2D eigenvalue weighted by Crippen LogP contribution is 2.51. The van der Waals surface area contributed by atoms with Gasteiger partial charge in [0.25, 0.3) is 0 Å². The second-order valence-corrected chi connectivity index (χ2v) is 3.57. The van der Waals surface area contributed by atoms with Crippen LogP contribution in [0.1, 0.15) is 25.7 Å². The normalized spacial score (nSPS) is 34.9. The van der Waals surface area contributed by atoms with Gasteiger partial charge in [0.1, 0.15) is 0 Å². The van der Waals surface area contributed by atoms with Gasteiger partial charge in [0.05, 0.1) is 0 Å². The smallest absolute Gasteiger partial charge is 0.0112 e. The molecule has 0 amide bonds. The lowest BCUT2D eigenvalue weighted by molar-refractivity contribution is 0.591. The second-order valence-electron chi connectivity index (χ2n) is 3.57. The van der Waals surface area contributed by atoms with Crippen molar-refractivity contribution < 1.29 is 0 Å². The molecule has 2 aliphatic carbocycles. The third kappa shape index (κ3) is 1.62.